The normalized spacial score (nSPS) is 15.4. The van der Waals surface area contributed by atoms with E-state index in [2.05, 4.69) is 10.3 Å². The molecule has 0 unspecified atom stereocenters. The van der Waals surface area contributed by atoms with Crippen LogP contribution in [0.5, 0.6) is 0 Å². The Bertz CT molecular complexity index is 808. The Morgan fingerprint density at radius 1 is 1.33 bits per heavy atom. The molecule has 0 radical (unpaired) electrons. The first kappa shape index (κ1) is 12.5. The maximum atomic E-state index is 13.2. The average Bonchev–Trinajstić information content (AvgIpc) is 3.05. The maximum Gasteiger partial charge on any atom is 0.264 e. The van der Waals surface area contributed by atoms with Crippen LogP contribution in [0.2, 0.25) is 0 Å². The van der Waals surface area contributed by atoms with E-state index in [-0.39, 0.29) is 17.8 Å². The van der Waals surface area contributed by atoms with Crippen LogP contribution in [0.3, 0.4) is 0 Å². The lowest BCUT2D eigenvalue weighted by Gasteiger charge is -2.38. The third-order valence-corrected chi connectivity index (χ3v) is 4.76. The predicted molar refractivity (Wildman–Crippen MR) is 76.7 cm³/mol. The fourth-order valence-corrected chi connectivity index (χ4v) is 3.49. The van der Waals surface area contributed by atoms with Crippen LogP contribution in [0.1, 0.15) is 15.7 Å². The van der Waals surface area contributed by atoms with Gasteiger partial charge in [-0.2, -0.15) is 0 Å². The number of aromatic nitrogens is 3. The number of likely N-dealkylation sites (tertiary alicyclic amines) is 1. The SMILES string of the molecule is O=C(c1cc2cc(F)ccc2s1)N1CC(n2ccnn2)C1. The summed E-state index contributed by atoms with van der Waals surface area (Å²) in [4.78, 5) is 14.8. The number of carbonyl (C=O) groups excluding carboxylic acids is 1. The molecule has 0 atom stereocenters. The molecule has 1 amide bonds. The summed E-state index contributed by atoms with van der Waals surface area (Å²) in [6, 6.07) is 6.53. The summed E-state index contributed by atoms with van der Waals surface area (Å²) in [6.45, 7) is 1.26. The average molecular weight is 302 g/mol. The quantitative estimate of drug-likeness (QED) is 0.730. The highest BCUT2D eigenvalue weighted by atomic mass is 32.1. The number of nitrogens with zero attached hydrogens (tertiary/aromatic N) is 4. The minimum atomic E-state index is -0.283. The van der Waals surface area contributed by atoms with Gasteiger partial charge in [0.1, 0.15) is 5.82 Å². The van der Waals surface area contributed by atoms with Gasteiger partial charge in [-0.1, -0.05) is 5.21 Å². The summed E-state index contributed by atoms with van der Waals surface area (Å²) >= 11 is 1.40. The van der Waals surface area contributed by atoms with Crippen LogP contribution in [0.25, 0.3) is 10.1 Å². The topological polar surface area (TPSA) is 51.0 Å². The second-order valence-electron chi connectivity index (χ2n) is 5.04. The van der Waals surface area contributed by atoms with Gasteiger partial charge in [-0.15, -0.1) is 16.4 Å². The first-order valence-corrected chi connectivity index (χ1v) is 7.36. The highest BCUT2D eigenvalue weighted by Crippen LogP contribution is 2.30. The Balaban J connectivity index is 1.52. The summed E-state index contributed by atoms with van der Waals surface area (Å²) in [5, 5.41) is 8.48. The molecule has 0 spiro atoms. The van der Waals surface area contributed by atoms with Crippen molar-refractivity contribution in [2.75, 3.05) is 13.1 Å². The molecule has 0 aliphatic carbocycles. The van der Waals surface area contributed by atoms with Gasteiger partial charge in [-0.05, 0) is 29.7 Å². The zero-order valence-corrected chi connectivity index (χ0v) is 11.8. The van der Waals surface area contributed by atoms with Crippen molar-refractivity contribution in [3.8, 4) is 0 Å². The largest absolute Gasteiger partial charge is 0.334 e. The van der Waals surface area contributed by atoms with E-state index in [4.69, 9.17) is 0 Å². The molecule has 106 valence electrons. The number of thiophene rings is 1. The maximum absolute atomic E-state index is 13.2. The lowest BCUT2D eigenvalue weighted by atomic mass is 10.1. The molecule has 7 heteroatoms. The molecule has 0 saturated carbocycles. The molecule has 1 aliphatic rings. The fourth-order valence-electron chi connectivity index (χ4n) is 2.48. The number of hydrogen-bond acceptors (Lipinski definition) is 4. The molecule has 0 bridgehead atoms. The first-order chi connectivity index (χ1) is 10.2. The minimum absolute atomic E-state index is 0.00651. The minimum Gasteiger partial charge on any atom is -0.334 e. The Hall–Kier alpha value is -2.28. The molecule has 21 heavy (non-hydrogen) atoms. The number of benzene rings is 1. The van der Waals surface area contributed by atoms with E-state index in [0.29, 0.717) is 18.0 Å². The smallest absolute Gasteiger partial charge is 0.264 e. The van der Waals surface area contributed by atoms with Crippen molar-refractivity contribution >= 4 is 27.3 Å². The second kappa shape index (κ2) is 4.63. The van der Waals surface area contributed by atoms with Crippen molar-refractivity contribution in [1.29, 1.82) is 0 Å². The van der Waals surface area contributed by atoms with Crippen LogP contribution in [0.15, 0.2) is 36.7 Å². The Morgan fingerprint density at radius 2 is 2.19 bits per heavy atom. The molecular formula is C14H11FN4OS. The lowest BCUT2D eigenvalue weighted by molar-refractivity contribution is 0.0503. The monoisotopic (exact) mass is 302 g/mol. The summed E-state index contributed by atoms with van der Waals surface area (Å²) in [5.41, 5.74) is 0. The van der Waals surface area contributed by atoms with Gasteiger partial charge in [0.2, 0.25) is 0 Å². The highest BCUT2D eigenvalue weighted by molar-refractivity contribution is 7.20. The third kappa shape index (κ3) is 2.09. The molecule has 5 nitrogen and oxygen atoms in total. The van der Waals surface area contributed by atoms with Crippen molar-refractivity contribution in [3.05, 3.63) is 47.4 Å². The van der Waals surface area contributed by atoms with Gasteiger partial charge in [0.05, 0.1) is 17.1 Å². The molecule has 1 fully saturated rings. The number of amides is 1. The standard InChI is InChI=1S/C14H11FN4OS/c15-10-1-2-12-9(5-10)6-13(21-12)14(20)18-7-11(8-18)19-4-3-16-17-19/h1-6,11H,7-8H2. The number of hydrogen-bond donors (Lipinski definition) is 0. The molecule has 1 saturated heterocycles. The van der Waals surface area contributed by atoms with Gasteiger partial charge in [0, 0.05) is 24.0 Å². The van der Waals surface area contributed by atoms with Crippen LogP contribution >= 0.6 is 11.3 Å². The Kier molecular flexibility index (Phi) is 2.75. The van der Waals surface area contributed by atoms with Crippen LogP contribution in [0.4, 0.5) is 4.39 Å². The van der Waals surface area contributed by atoms with Crippen molar-refractivity contribution in [3.63, 3.8) is 0 Å². The highest BCUT2D eigenvalue weighted by Gasteiger charge is 2.33. The van der Waals surface area contributed by atoms with E-state index in [1.165, 1.54) is 23.5 Å². The first-order valence-electron chi connectivity index (χ1n) is 6.55. The molecular weight excluding hydrogens is 291 g/mol. The second-order valence-corrected chi connectivity index (χ2v) is 6.12. The van der Waals surface area contributed by atoms with Crippen molar-refractivity contribution in [2.45, 2.75) is 6.04 Å². The Labute approximate surface area is 123 Å². The molecule has 1 aliphatic heterocycles. The van der Waals surface area contributed by atoms with Crippen LogP contribution in [0, 0.1) is 5.82 Å². The van der Waals surface area contributed by atoms with Gasteiger partial charge >= 0.3 is 0 Å². The summed E-state index contributed by atoms with van der Waals surface area (Å²) < 4.78 is 15.9. The molecule has 2 aromatic heterocycles. The number of rotatable bonds is 2. The van der Waals surface area contributed by atoms with Gasteiger partial charge < -0.3 is 4.90 Å². The molecule has 0 N–H and O–H groups in total. The predicted octanol–water partition coefficient (Wildman–Crippen LogP) is 2.33. The summed E-state index contributed by atoms with van der Waals surface area (Å²) in [6.07, 6.45) is 3.43. The number of fused-ring (bicyclic) bond motifs is 1. The zero-order chi connectivity index (χ0) is 14.4. The summed E-state index contributed by atoms with van der Waals surface area (Å²) in [7, 11) is 0. The molecule has 3 heterocycles. The van der Waals surface area contributed by atoms with E-state index >= 15 is 0 Å². The summed E-state index contributed by atoms with van der Waals surface area (Å²) in [5.74, 6) is -0.289. The van der Waals surface area contributed by atoms with Gasteiger partial charge in [0.15, 0.2) is 0 Å². The van der Waals surface area contributed by atoms with Crippen molar-refractivity contribution in [2.24, 2.45) is 0 Å². The van der Waals surface area contributed by atoms with Crippen LogP contribution in [-0.2, 0) is 0 Å². The van der Waals surface area contributed by atoms with Gasteiger partial charge in [-0.3, -0.25) is 4.79 Å². The fraction of sp³-hybridized carbons (Fsp3) is 0.214. The van der Waals surface area contributed by atoms with Crippen molar-refractivity contribution in [1.82, 2.24) is 19.9 Å². The van der Waals surface area contributed by atoms with E-state index in [9.17, 15) is 9.18 Å². The van der Waals surface area contributed by atoms with E-state index in [1.54, 1.807) is 34.1 Å². The van der Waals surface area contributed by atoms with Crippen molar-refractivity contribution < 1.29 is 9.18 Å². The van der Waals surface area contributed by atoms with Gasteiger partial charge in [0.25, 0.3) is 5.91 Å². The zero-order valence-electron chi connectivity index (χ0n) is 10.9. The molecule has 1 aromatic carbocycles. The van der Waals surface area contributed by atoms with Crippen LogP contribution in [-0.4, -0.2) is 38.9 Å². The Morgan fingerprint density at radius 3 is 2.95 bits per heavy atom. The molecule has 4 rings (SSSR count). The number of carbonyl (C=O) groups is 1. The van der Waals surface area contributed by atoms with E-state index < -0.39 is 0 Å². The number of halogens is 1. The molecule has 3 aromatic rings. The van der Waals surface area contributed by atoms with E-state index in [1.807, 2.05) is 0 Å². The van der Waals surface area contributed by atoms with E-state index in [0.717, 1.165) is 10.1 Å². The van der Waals surface area contributed by atoms with Crippen LogP contribution < -0.4 is 0 Å². The lowest BCUT2D eigenvalue weighted by Crippen LogP contribution is -2.50. The van der Waals surface area contributed by atoms with Gasteiger partial charge in [-0.25, -0.2) is 9.07 Å². The third-order valence-electron chi connectivity index (χ3n) is 3.65.